The molecule has 0 spiro atoms. The molecule has 2 heterocycles. The molecule has 0 saturated carbocycles. The van der Waals surface area contributed by atoms with Crippen LogP contribution in [-0.2, 0) is 4.79 Å². The Morgan fingerprint density at radius 1 is 1.61 bits per heavy atom. The average molecular weight is 287 g/mol. The van der Waals surface area contributed by atoms with Gasteiger partial charge in [-0.1, -0.05) is 0 Å². The molecule has 8 heteroatoms. The zero-order chi connectivity index (χ0) is 13.4. The highest BCUT2D eigenvalue weighted by Crippen LogP contribution is 2.38. The van der Waals surface area contributed by atoms with Crippen molar-refractivity contribution >= 4 is 40.0 Å². The largest absolute Gasteiger partial charge is 0.481 e. The summed E-state index contributed by atoms with van der Waals surface area (Å²) in [7, 11) is 0. The summed E-state index contributed by atoms with van der Waals surface area (Å²) in [6.45, 7) is 3.82. The molecule has 0 aromatic carbocycles. The second-order valence-electron chi connectivity index (χ2n) is 3.90. The van der Waals surface area contributed by atoms with Gasteiger partial charge < -0.3 is 10.4 Å². The molecule has 1 aliphatic rings. The number of nitrogens with one attached hydrogen (secondary N) is 1. The van der Waals surface area contributed by atoms with Crippen LogP contribution in [-0.4, -0.2) is 33.2 Å². The van der Waals surface area contributed by atoms with Gasteiger partial charge >= 0.3 is 5.97 Å². The van der Waals surface area contributed by atoms with E-state index < -0.39 is 11.5 Å². The summed E-state index contributed by atoms with van der Waals surface area (Å²) in [5, 5.41) is 13.6. The van der Waals surface area contributed by atoms with Gasteiger partial charge in [0.05, 0.1) is 11.3 Å². The molecular formula is C10H13N3O3S2. The maximum Gasteiger partial charge on any atom is 0.313 e. The molecule has 0 radical (unpaired) electrons. The number of carboxylic acids is 1. The number of fused-ring (bicyclic) bond motifs is 1. The number of aliphatic carboxylic acids is 1. The fourth-order valence-electron chi connectivity index (χ4n) is 1.68. The molecular weight excluding hydrogens is 274 g/mol. The highest BCUT2D eigenvalue weighted by Gasteiger charge is 2.34. The Morgan fingerprint density at radius 3 is 2.89 bits per heavy atom. The average Bonchev–Trinajstić information content (AvgIpc) is 2.58. The number of aryl methyl sites for hydroxylation is 1. The molecule has 2 rings (SSSR count). The highest BCUT2D eigenvalue weighted by atomic mass is 32.2. The first-order valence-corrected chi connectivity index (χ1v) is 7.06. The zero-order valence-electron chi connectivity index (χ0n) is 9.89. The molecule has 0 aliphatic carbocycles. The second-order valence-corrected chi connectivity index (χ2v) is 6.19. The van der Waals surface area contributed by atoms with Crippen LogP contribution in [0.15, 0.2) is 0 Å². The first-order valence-electron chi connectivity index (χ1n) is 5.20. The van der Waals surface area contributed by atoms with Crippen molar-refractivity contribution in [2.45, 2.75) is 19.3 Å². The Morgan fingerprint density at radius 2 is 2.28 bits per heavy atom. The van der Waals surface area contributed by atoms with E-state index in [-0.39, 0.29) is 11.7 Å². The quantitative estimate of drug-likeness (QED) is 0.571. The van der Waals surface area contributed by atoms with E-state index in [1.54, 1.807) is 0 Å². The van der Waals surface area contributed by atoms with E-state index in [2.05, 4.69) is 5.32 Å². The van der Waals surface area contributed by atoms with E-state index in [0.717, 1.165) is 32.2 Å². The van der Waals surface area contributed by atoms with Crippen LogP contribution in [0.2, 0.25) is 0 Å². The van der Waals surface area contributed by atoms with Crippen molar-refractivity contribution in [1.29, 1.82) is 0 Å². The SMILES string of the molecule is Cc1sc2c(c1C)C(=O)N(N)C(SCC(=O)O)N2. The van der Waals surface area contributed by atoms with Crippen LogP contribution >= 0.6 is 23.1 Å². The molecule has 1 amide bonds. The molecule has 1 aromatic heterocycles. The van der Waals surface area contributed by atoms with Gasteiger partial charge in [-0.15, -0.1) is 23.1 Å². The van der Waals surface area contributed by atoms with E-state index in [1.807, 2.05) is 13.8 Å². The minimum atomic E-state index is -0.938. The van der Waals surface area contributed by atoms with E-state index in [9.17, 15) is 9.59 Å². The monoisotopic (exact) mass is 287 g/mol. The van der Waals surface area contributed by atoms with Gasteiger partial charge in [-0.2, -0.15) is 0 Å². The predicted octanol–water partition coefficient (Wildman–Crippen LogP) is 1.21. The summed E-state index contributed by atoms with van der Waals surface area (Å²) >= 11 is 2.56. The number of hydrogen-bond acceptors (Lipinski definition) is 6. The number of thiophene rings is 1. The number of anilines is 1. The van der Waals surface area contributed by atoms with Crippen molar-refractivity contribution in [3.8, 4) is 0 Å². The number of carboxylic acid groups (broad SMARTS) is 1. The van der Waals surface area contributed by atoms with Crippen LogP contribution in [0.4, 0.5) is 5.00 Å². The molecule has 0 saturated heterocycles. The molecule has 1 atom stereocenters. The number of hydrazine groups is 1. The van der Waals surface area contributed by atoms with Crippen molar-refractivity contribution in [3.63, 3.8) is 0 Å². The third-order valence-electron chi connectivity index (χ3n) is 2.71. The lowest BCUT2D eigenvalue weighted by molar-refractivity contribution is -0.133. The fraction of sp³-hybridized carbons (Fsp3) is 0.400. The number of nitrogens with two attached hydrogens (primary N) is 1. The van der Waals surface area contributed by atoms with Gasteiger partial charge in [0.1, 0.15) is 5.00 Å². The molecule has 1 aliphatic heterocycles. The molecule has 1 aromatic rings. The van der Waals surface area contributed by atoms with Crippen LogP contribution in [0.1, 0.15) is 20.8 Å². The maximum absolute atomic E-state index is 12.1. The number of amides is 1. The number of thioether (sulfide) groups is 1. The van der Waals surface area contributed by atoms with Gasteiger partial charge in [-0.05, 0) is 19.4 Å². The zero-order valence-corrected chi connectivity index (χ0v) is 11.5. The van der Waals surface area contributed by atoms with Gasteiger partial charge in [0.2, 0.25) is 0 Å². The van der Waals surface area contributed by atoms with Crippen LogP contribution in [0, 0.1) is 13.8 Å². The summed E-state index contributed by atoms with van der Waals surface area (Å²) in [6.07, 6.45) is 0. The number of hydrogen-bond donors (Lipinski definition) is 3. The first-order chi connectivity index (χ1) is 8.41. The molecule has 4 N–H and O–H groups in total. The first kappa shape index (κ1) is 13.2. The lowest BCUT2D eigenvalue weighted by Crippen LogP contribution is -2.51. The van der Waals surface area contributed by atoms with Crippen LogP contribution in [0.25, 0.3) is 0 Å². The minimum Gasteiger partial charge on any atom is -0.481 e. The van der Waals surface area contributed by atoms with Crippen molar-refractivity contribution < 1.29 is 14.7 Å². The van der Waals surface area contributed by atoms with Crippen molar-refractivity contribution in [3.05, 3.63) is 16.0 Å². The number of carbonyl (C=O) groups excluding carboxylic acids is 1. The van der Waals surface area contributed by atoms with Gasteiger partial charge in [0.25, 0.3) is 5.91 Å². The van der Waals surface area contributed by atoms with E-state index >= 15 is 0 Å². The highest BCUT2D eigenvalue weighted by molar-refractivity contribution is 8.00. The Hall–Kier alpha value is -1.25. The van der Waals surface area contributed by atoms with Gasteiger partial charge in [0, 0.05) is 4.88 Å². The normalized spacial score (nSPS) is 18.5. The van der Waals surface area contributed by atoms with Crippen molar-refractivity contribution in [1.82, 2.24) is 5.01 Å². The third kappa shape index (κ3) is 2.18. The van der Waals surface area contributed by atoms with Gasteiger partial charge in [0.15, 0.2) is 5.50 Å². The second kappa shape index (κ2) is 4.79. The molecule has 98 valence electrons. The Labute approximate surface area is 112 Å². The van der Waals surface area contributed by atoms with E-state index in [1.165, 1.54) is 11.3 Å². The van der Waals surface area contributed by atoms with Crippen LogP contribution in [0.5, 0.6) is 0 Å². The van der Waals surface area contributed by atoms with Gasteiger partial charge in [-0.25, -0.2) is 10.9 Å². The molecule has 0 fully saturated rings. The number of nitrogens with zero attached hydrogens (tertiary/aromatic N) is 1. The van der Waals surface area contributed by atoms with E-state index in [4.69, 9.17) is 10.9 Å². The van der Waals surface area contributed by atoms with Gasteiger partial charge in [-0.3, -0.25) is 9.59 Å². The van der Waals surface area contributed by atoms with Crippen molar-refractivity contribution in [2.24, 2.45) is 5.84 Å². The summed E-state index contributed by atoms with van der Waals surface area (Å²) in [6, 6.07) is 0. The summed E-state index contributed by atoms with van der Waals surface area (Å²) in [5.41, 5.74) is 0.968. The van der Waals surface area contributed by atoms with Crippen LogP contribution < -0.4 is 11.2 Å². The summed E-state index contributed by atoms with van der Waals surface area (Å²) in [5.74, 6) is 4.39. The van der Waals surface area contributed by atoms with Crippen LogP contribution in [0.3, 0.4) is 0 Å². The molecule has 6 nitrogen and oxygen atoms in total. The minimum absolute atomic E-state index is 0.114. The smallest absolute Gasteiger partial charge is 0.313 e. The predicted molar refractivity (Wildman–Crippen MR) is 71.7 cm³/mol. The lowest BCUT2D eigenvalue weighted by atomic mass is 10.1. The Balaban J connectivity index is 2.26. The Bertz CT molecular complexity index is 515. The Kier molecular flexibility index (Phi) is 3.51. The number of rotatable bonds is 3. The maximum atomic E-state index is 12.1. The standard InChI is InChI=1S/C10H13N3O3S2/c1-4-5(2)18-8-7(4)9(16)13(11)10(12-8)17-3-6(14)15/h10,12H,3,11H2,1-2H3,(H,14,15). The molecule has 1 unspecified atom stereocenters. The number of carbonyl (C=O) groups is 2. The van der Waals surface area contributed by atoms with E-state index in [0.29, 0.717) is 5.56 Å². The third-order valence-corrected chi connectivity index (χ3v) is 4.92. The topological polar surface area (TPSA) is 95.7 Å². The summed E-state index contributed by atoms with van der Waals surface area (Å²) < 4.78 is 0. The summed E-state index contributed by atoms with van der Waals surface area (Å²) in [4.78, 5) is 23.7. The fourth-order valence-corrected chi connectivity index (χ4v) is 3.58. The van der Waals surface area contributed by atoms with Crippen molar-refractivity contribution in [2.75, 3.05) is 11.1 Å². The molecule has 18 heavy (non-hydrogen) atoms. The lowest BCUT2D eigenvalue weighted by Gasteiger charge is -2.32. The molecule has 0 bridgehead atoms.